The second-order valence-electron chi connectivity index (χ2n) is 10.1. The molecule has 6 N–H and O–H groups in total. The van der Waals surface area contributed by atoms with E-state index in [4.69, 9.17) is 25.8 Å². The zero-order valence-corrected chi connectivity index (χ0v) is 24.3. The first-order valence-corrected chi connectivity index (χ1v) is 14.3. The Balaban J connectivity index is 1.02. The van der Waals surface area contributed by atoms with Gasteiger partial charge in [0.05, 0.1) is 52.6 Å². The van der Waals surface area contributed by atoms with Crippen molar-refractivity contribution < 1.29 is 33.4 Å². The van der Waals surface area contributed by atoms with Crippen molar-refractivity contribution in [3.8, 4) is 0 Å². The van der Waals surface area contributed by atoms with Crippen molar-refractivity contribution in [3.05, 3.63) is 59.2 Å². The largest absolute Gasteiger partial charge is 0.399 e. The molecule has 4 amide bonds. The highest BCUT2D eigenvalue weighted by molar-refractivity contribution is 6.38. The van der Waals surface area contributed by atoms with Crippen LogP contribution in [0.4, 0.5) is 11.4 Å². The Morgan fingerprint density at radius 3 is 2.41 bits per heavy atom. The molecule has 2 aliphatic rings. The number of nitrogen functional groups attached to an aromatic ring is 1. The highest BCUT2D eigenvalue weighted by Gasteiger charge is 2.39. The highest BCUT2D eigenvalue weighted by Crippen LogP contribution is 2.29. The Hall–Kier alpha value is -4.66. The van der Waals surface area contributed by atoms with E-state index in [2.05, 4.69) is 20.7 Å². The quantitative estimate of drug-likeness (QED) is 0.0533. The van der Waals surface area contributed by atoms with Crippen molar-refractivity contribution in [2.24, 2.45) is 15.9 Å². The summed E-state index contributed by atoms with van der Waals surface area (Å²) in [7, 11) is 0. The second kappa shape index (κ2) is 16.3. The number of rotatable bonds is 16. The second-order valence-corrected chi connectivity index (χ2v) is 10.1. The highest BCUT2D eigenvalue weighted by atomic mass is 16.5. The number of imide groups is 1. The third-order valence-corrected chi connectivity index (χ3v) is 6.95. The Morgan fingerprint density at radius 2 is 1.70 bits per heavy atom. The number of piperidine rings is 1. The normalized spacial score (nSPS) is 16.8. The minimum absolute atomic E-state index is 0.150. The number of hydrogen-bond donors (Lipinski definition) is 4. The van der Waals surface area contributed by atoms with Crippen LogP contribution in [-0.4, -0.2) is 92.7 Å². The SMILES string of the molecule is NN=C(C=NCCOCCOCCOCCC(=O)Nc1ccc2c(c1)CN(C1CCC(=O)NC1=O)C2=O)c1ccc(N)cc1. The molecule has 0 spiro atoms. The van der Waals surface area contributed by atoms with Gasteiger partial charge in [-0.1, -0.05) is 12.1 Å². The average Bonchev–Trinajstić information content (AvgIpc) is 3.33. The lowest BCUT2D eigenvalue weighted by atomic mass is 10.0. The summed E-state index contributed by atoms with van der Waals surface area (Å²) < 4.78 is 16.4. The molecular weight excluding hydrogens is 570 g/mol. The lowest BCUT2D eigenvalue weighted by molar-refractivity contribution is -0.137. The van der Waals surface area contributed by atoms with Gasteiger partial charge in [-0.15, -0.1) is 0 Å². The summed E-state index contributed by atoms with van der Waals surface area (Å²) in [4.78, 5) is 54.5. The van der Waals surface area contributed by atoms with Gasteiger partial charge in [-0.25, -0.2) is 0 Å². The topological polar surface area (TPSA) is 200 Å². The summed E-state index contributed by atoms with van der Waals surface area (Å²) in [5.74, 6) is 4.15. The standard InChI is InChI=1S/C30H37N7O7/c31-22-3-1-20(2-4-22)25(36-32)18-33-10-12-43-14-16-44-15-13-42-11-9-28(39)34-23-5-6-24-21(17-23)19-37(30(24)41)26-7-8-27(38)35-29(26)40/h1-6,17-18,26H,7-16,19,31-32H2,(H,34,39)(H,35,38,40). The predicted octanol–water partition coefficient (Wildman–Crippen LogP) is 0.842. The summed E-state index contributed by atoms with van der Waals surface area (Å²) in [5.41, 5.74) is 9.46. The van der Waals surface area contributed by atoms with Crippen molar-refractivity contribution >= 4 is 46.9 Å². The Labute approximate surface area is 254 Å². The van der Waals surface area contributed by atoms with Gasteiger partial charge in [0.2, 0.25) is 17.7 Å². The number of fused-ring (bicyclic) bond motifs is 1. The van der Waals surface area contributed by atoms with E-state index in [0.717, 1.165) is 5.56 Å². The van der Waals surface area contributed by atoms with Crippen LogP contribution < -0.4 is 22.2 Å². The number of carbonyl (C=O) groups excluding carboxylic acids is 4. The van der Waals surface area contributed by atoms with Gasteiger partial charge in [0.15, 0.2) is 0 Å². The zero-order chi connectivity index (χ0) is 31.3. The van der Waals surface area contributed by atoms with Gasteiger partial charge >= 0.3 is 0 Å². The molecule has 44 heavy (non-hydrogen) atoms. The average molecular weight is 608 g/mol. The molecule has 1 unspecified atom stereocenters. The van der Waals surface area contributed by atoms with Crippen LogP contribution in [0, 0.1) is 0 Å². The smallest absolute Gasteiger partial charge is 0.255 e. The van der Waals surface area contributed by atoms with Crippen LogP contribution in [0.1, 0.15) is 40.7 Å². The van der Waals surface area contributed by atoms with Gasteiger partial charge in [0.25, 0.3) is 5.91 Å². The van der Waals surface area contributed by atoms with Crippen LogP contribution in [0.3, 0.4) is 0 Å². The lowest BCUT2D eigenvalue weighted by Crippen LogP contribution is -2.52. The number of carbonyl (C=O) groups is 4. The number of hydrazone groups is 1. The van der Waals surface area contributed by atoms with E-state index in [1.165, 1.54) is 4.90 Å². The molecule has 1 saturated heterocycles. The van der Waals surface area contributed by atoms with E-state index in [1.807, 2.05) is 12.1 Å². The summed E-state index contributed by atoms with van der Waals surface area (Å²) in [5, 5.41) is 8.83. The molecule has 0 bridgehead atoms. The van der Waals surface area contributed by atoms with Gasteiger partial charge in [-0.3, -0.25) is 29.5 Å². The van der Waals surface area contributed by atoms with Gasteiger partial charge in [0, 0.05) is 41.7 Å². The molecule has 0 radical (unpaired) electrons. The molecule has 234 valence electrons. The number of nitrogens with one attached hydrogen (secondary N) is 2. The summed E-state index contributed by atoms with van der Waals surface area (Å²) in [6.07, 6.45) is 2.23. The lowest BCUT2D eigenvalue weighted by Gasteiger charge is -2.29. The van der Waals surface area contributed by atoms with Gasteiger partial charge < -0.3 is 36.0 Å². The molecule has 0 aromatic heterocycles. The molecule has 2 aromatic carbocycles. The first-order chi connectivity index (χ1) is 21.4. The van der Waals surface area contributed by atoms with Crippen LogP contribution in [0.2, 0.25) is 0 Å². The Morgan fingerprint density at radius 1 is 1.00 bits per heavy atom. The molecule has 1 atom stereocenters. The third kappa shape index (κ3) is 9.17. The zero-order valence-electron chi connectivity index (χ0n) is 24.3. The number of ether oxygens (including phenoxy) is 3. The Kier molecular flexibility index (Phi) is 11.9. The number of hydrogen-bond acceptors (Lipinski definition) is 11. The molecule has 2 heterocycles. The molecule has 1 fully saturated rings. The van der Waals surface area contributed by atoms with E-state index >= 15 is 0 Å². The van der Waals surface area contributed by atoms with Crippen molar-refractivity contribution in [3.63, 3.8) is 0 Å². The first kappa shape index (κ1) is 32.3. The van der Waals surface area contributed by atoms with Crippen LogP contribution in [-0.2, 0) is 35.1 Å². The van der Waals surface area contributed by atoms with Gasteiger partial charge in [-0.2, -0.15) is 5.10 Å². The first-order valence-electron chi connectivity index (χ1n) is 14.3. The van der Waals surface area contributed by atoms with Crippen molar-refractivity contribution in [2.45, 2.75) is 31.8 Å². The van der Waals surface area contributed by atoms with Gasteiger partial charge in [0.1, 0.15) is 11.8 Å². The van der Waals surface area contributed by atoms with E-state index < -0.39 is 11.9 Å². The number of amides is 4. The van der Waals surface area contributed by atoms with Crippen LogP contribution in [0.5, 0.6) is 0 Å². The fraction of sp³-hybridized carbons (Fsp3) is 0.400. The molecule has 4 rings (SSSR count). The van der Waals surface area contributed by atoms with Crippen molar-refractivity contribution in [2.75, 3.05) is 57.2 Å². The monoisotopic (exact) mass is 607 g/mol. The van der Waals surface area contributed by atoms with Crippen LogP contribution in [0.25, 0.3) is 0 Å². The van der Waals surface area contributed by atoms with E-state index in [0.29, 0.717) is 74.2 Å². The molecule has 14 heteroatoms. The number of benzene rings is 2. The van der Waals surface area contributed by atoms with Crippen LogP contribution >= 0.6 is 0 Å². The number of anilines is 2. The molecule has 0 saturated carbocycles. The van der Waals surface area contributed by atoms with E-state index in [9.17, 15) is 19.2 Å². The molecular formula is C30H37N7O7. The predicted molar refractivity (Wildman–Crippen MR) is 163 cm³/mol. The van der Waals surface area contributed by atoms with E-state index in [-0.39, 0.29) is 43.7 Å². The maximum Gasteiger partial charge on any atom is 0.255 e. The number of nitrogens with zero attached hydrogens (tertiary/aromatic N) is 3. The summed E-state index contributed by atoms with van der Waals surface area (Å²) in [6.45, 7) is 2.84. The number of nitrogens with two attached hydrogens (primary N) is 2. The summed E-state index contributed by atoms with van der Waals surface area (Å²) in [6, 6.07) is 11.5. The van der Waals surface area contributed by atoms with Crippen LogP contribution in [0.15, 0.2) is 52.6 Å². The minimum Gasteiger partial charge on any atom is -0.399 e. The van der Waals surface area contributed by atoms with Gasteiger partial charge in [-0.05, 0) is 42.3 Å². The molecule has 2 aliphatic heterocycles. The van der Waals surface area contributed by atoms with E-state index in [1.54, 1.807) is 36.5 Å². The maximum absolute atomic E-state index is 12.8. The molecule has 2 aromatic rings. The van der Waals surface area contributed by atoms with Crippen molar-refractivity contribution in [1.29, 1.82) is 0 Å². The Bertz CT molecular complexity index is 1390. The minimum atomic E-state index is -0.683. The fourth-order valence-electron chi connectivity index (χ4n) is 4.69. The molecule has 0 aliphatic carbocycles. The number of aliphatic imine (C=N–C) groups is 1. The maximum atomic E-state index is 12.8. The fourth-order valence-corrected chi connectivity index (χ4v) is 4.69. The third-order valence-electron chi connectivity index (χ3n) is 6.95. The summed E-state index contributed by atoms with van der Waals surface area (Å²) >= 11 is 0. The molecule has 14 nitrogen and oxygen atoms in total. The van der Waals surface area contributed by atoms with Crippen molar-refractivity contribution in [1.82, 2.24) is 10.2 Å².